The number of ether oxygens (including phenoxy) is 5. The first-order valence-corrected chi connectivity index (χ1v) is 24.8. The Morgan fingerprint density at radius 2 is 1.73 bits per heavy atom. The van der Waals surface area contributed by atoms with Gasteiger partial charge in [0.15, 0.2) is 8.32 Å². The molecule has 0 spiro atoms. The minimum absolute atomic E-state index is 0.0309. The summed E-state index contributed by atoms with van der Waals surface area (Å²) in [5.74, 6) is 0.235. The zero-order chi connectivity index (χ0) is 43.7. The minimum Gasteiger partial charge on any atom is -0.445 e. The van der Waals surface area contributed by atoms with Crippen molar-refractivity contribution < 1.29 is 42.4 Å². The van der Waals surface area contributed by atoms with Crippen molar-refractivity contribution in [2.24, 2.45) is 11.8 Å². The molecule has 11 atom stereocenters. The molecule has 0 saturated carbocycles. The van der Waals surface area contributed by atoms with Crippen LogP contribution in [-0.4, -0.2) is 96.1 Å². The van der Waals surface area contributed by atoms with Crippen LogP contribution in [0.1, 0.15) is 139 Å². The number of carbonyl (C=O) groups excluding carboxylic acids is 1. The lowest BCUT2D eigenvalue weighted by atomic mass is 9.79. The van der Waals surface area contributed by atoms with E-state index in [9.17, 15) is 9.90 Å². The molecular weight excluding hydrogens is 765 g/mol. The van der Waals surface area contributed by atoms with Crippen LogP contribution in [0.15, 0.2) is 53.2 Å². The third-order valence-corrected chi connectivity index (χ3v) is 17.5. The van der Waals surface area contributed by atoms with E-state index < -0.39 is 31.8 Å². The molecule has 5 heterocycles. The van der Waals surface area contributed by atoms with Gasteiger partial charge in [0, 0.05) is 24.7 Å². The maximum absolute atomic E-state index is 13.3. The molecule has 1 aromatic heterocycles. The summed E-state index contributed by atoms with van der Waals surface area (Å²) in [5, 5.41) is 11.5. The Hall–Kier alpha value is -2.58. The Labute approximate surface area is 356 Å². The number of hydrogen-bond donors (Lipinski definition) is 1. The average molecular weight is 841 g/mol. The number of aliphatic hydroxyl groups is 1. The van der Waals surface area contributed by atoms with Gasteiger partial charge in [0.2, 0.25) is 5.89 Å². The molecule has 4 saturated heterocycles. The van der Waals surface area contributed by atoms with Gasteiger partial charge in [0.05, 0.1) is 55.4 Å². The van der Waals surface area contributed by atoms with Crippen LogP contribution in [0.25, 0.3) is 6.08 Å². The number of aliphatic hydroxyl groups excluding tert-OH is 1. The highest BCUT2D eigenvalue weighted by Gasteiger charge is 2.47. The van der Waals surface area contributed by atoms with E-state index in [1.54, 1.807) is 11.2 Å². The second-order valence-electron chi connectivity index (χ2n) is 20.7. The van der Waals surface area contributed by atoms with Crippen molar-refractivity contribution >= 4 is 20.5 Å². The molecule has 1 aromatic rings. The smallest absolute Gasteiger partial charge is 0.413 e. The van der Waals surface area contributed by atoms with Gasteiger partial charge in [0.25, 0.3) is 0 Å². The van der Waals surface area contributed by atoms with Gasteiger partial charge in [-0.05, 0) is 103 Å². The van der Waals surface area contributed by atoms with E-state index >= 15 is 0 Å². The van der Waals surface area contributed by atoms with Gasteiger partial charge in [0.1, 0.15) is 29.4 Å². The number of aromatic nitrogens is 1. The fourth-order valence-electron chi connectivity index (χ4n) is 8.81. The first-order valence-electron chi connectivity index (χ1n) is 21.9. The molecule has 0 aliphatic carbocycles. The SMILES string of the molecule is C=CC[C@H]1CC(=C)C[C@H](CC2C[C@@H](O[Si](C)(C)C(C)(C)C)C[C@H](c3coc(/C=C/C[C@@H]4O[C@@H](/C(C)=C/[C@@H]5COC(C)(C)N5C(=O)OC(C)(C)C)[C@H](C)[C@@H](O)[C@H]4C)n3)O2)O1. The molecular formula is C47H76N2O9Si. The predicted octanol–water partition coefficient (Wildman–Crippen LogP) is 10.5. The van der Waals surface area contributed by atoms with Crippen LogP contribution >= 0.6 is 0 Å². The summed E-state index contributed by atoms with van der Waals surface area (Å²) in [7, 11) is -2.05. The first kappa shape index (κ1) is 47.5. The van der Waals surface area contributed by atoms with E-state index in [1.807, 2.05) is 79.7 Å². The molecule has 0 radical (unpaired) electrons. The Morgan fingerprint density at radius 1 is 1.03 bits per heavy atom. The lowest BCUT2D eigenvalue weighted by Gasteiger charge is -2.44. The van der Waals surface area contributed by atoms with Gasteiger partial charge in [-0.1, -0.05) is 65.0 Å². The molecule has 4 aliphatic rings. The van der Waals surface area contributed by atoms with Crippen molar-refractivity contribution in [3.63, 3.8) is 0 Å². The molecule has 1 amide bonds. The molecule has 0 aromatic carbocycles. The molecule has 4 fully saturated rings. The monoisotopic (exact) mass is 841 g/mol. The number of oxazole rings is 1. The average Bonchev–Trinajstić information content (AvgIpc) is 3.69. The minimum atomic E-state index is -2.05. The highest BCUT2D eigenvalue weighted by Crippen LogP contribution is 2.43. The normalized spacial score (nSPS) is 33.7. The van der Waals surface area contributed by atoms with Crippen molar-refractivity contribution in [2.75, 3.05) is 6.61 Å². The molecule has 4 aliphatic heterocycles. The Bertz CT molecular complexity index is 1670. The molecule has 1 N–H and O–H groups in total. The van der Waals surface area contributed by atoms with Gasteiger partial charge in [-0.15, -0.1) is 6.58 Å². The fourth-order valence-corrected chi connectivity index (χ4v) is 10.2. The summed E-state index contributed by atoms with van der Waals surface area (Å²) < 4.78 is 44.8. The summed E-state index contributed by atoms with van der Waals surface area (Å²) in [6.07, 6.45) is 13.1. The van der Waals surface area contributed by atoms with Crippen molar-refractivity contribution in [1.29, 1.82) is 0 Å². The molecule has 0 bridgehead atoms. The van der Waals surface area contributed by atoms with Crippen molar-refractivity contribution in [3.8, 4) is 0 Å². The van der Waals surface area contributed by atoms with Gasteiger partial charge in [-0.3, -0.25) is 4.90 Å². The molecule has 332 valence electrons. The maximum Gasteiger partial charge on any atom is 0.413 e. The molecule has 5 rings (SSSR count). The number of amides is 1. The Kier molecular flexibility index (Phi) is 15.1. The van der Waals surface area contributed by atoms with Crippen LogP contribution in [0.3, 0.4) is 0 Å². The maximum atomic E-state index is 13.3. The van der Waals surface area contributed by atoms with E-state index in [4.69, 9.17) is 37.5 Å². The molecule has 1 unspecified atom stereocenters. The van der Waals surface area contributed by atoms with Gasteiger partial charge in [-0.25, -0.2) is 9.78 Å². The lowest BCUT2D eigenvalue weighted by Crippen LogP contribution is -2.50. The fraction of sp³-hybridized carbons (Fsp3) is 0.745. The second-order valence-corrected chi connectivity index (χ2v) is 25.4. The van der Waals surface area contributed by atoms with Crippen LogP contribution < -0.4 is 0 Å². The second kappa shape index (κ2) is 18.8. The lowest BCUT2D eigenvalue weighted by molar-refractivity contribution is -0.148. The van der Waals surface area contributed by atoms with Crippen LogP contribution in [0.2, 0.25) is 18.1 Å². The molecule has 12 heteroatoms. The van der Waals surface area contributed by atoms with Crippen LogP contribution in [0, 0.1) is 11.8 Å². The van der Waals surface area contributed by atoms with Crippen LogP contribution in [0.5, 0.6) is 0 Å². The van der Waals surface area contributed by atoms with E-state index in [-0.39, 0.29) is 65.6 Å². The van der Waals surface area contributed by atoms with Gasteiger partial charge in [-0.2, -0.15) is 0 Å². The van der Waals surface area contributed by atoms with E-state index in [1.165, 1.54) is 5.57 Å². The van der Waals surface area contributed by atoms with E-state index in [2.05, 4.69) is 47.0 Å². The van der Waals surface area contributed by atoms with Crippen LogP contribution in [0.4, 0.5) is 4.79 Å². The Balaban J connectivity index is 1.27. The third kappa shape index (κ3) is 12.1. The zero-order valence-corrected chi connectivity index (χ0v) is 39.4. The number of nitrogens with zero attached hydrogens (tertiary/aromatic N) is 2. The number of rotatable bonds is 12. The quantitative estimate of drug-likeness (QED) is 0.161. The highest BCUT2D eigenvalue weighted by atomic mass is 28.4. The molecule has 59 heavy (non-hydrogen) atoms. The number of hydrogen-bond acceptors (Lipinski definition) is 10. The largest absolute Gasteiger partial charge is 0.445 e. The standard InChI is InChI=1S/C47H76N2O9Si/c1-16-18-34-21-29(2)22-35(54-34)24-36-25-37(58-59(14,15)46(9,10)11)26-40(55-36)38-28-52-41(48-38)20-17-19-39-31(4)42(50)32(5)43(56-39)30(3)23-33-27-53-47(12,13)49(33)44(51)57-45(6,7)8/h16-17,20,23,28,31-37,39-40,42-43,50H,1-2,18-19,21-22,24-27H2,3-15H3/b20-17+,30-23+/t31-,32+,33+,34-,35+,36?,37+,39-,40+,42-,43-/m0/s1. The highest BCUT2D eigenvalue weighted by molar-refractivity contribution is 6.74. The predicted molar refractivity (Wildman–Crippen MR) is 234 cm³/mol. The summed E-state index contributed by atoms with van der Waals surface area (Å²) in [5.41, 5.74) is 1.44. The van der Waals surface area contributed by atoms with Crippen molar-refractivity contribution in [3.05, 3.63) is 60.4 Å². The first-order chi connectivity index (χ1) is 27.4. The van der Waals surface area contributed by atoms with Crippen LogP contribution in [-0.2, 0) is 28.1 Å². The van der Waals surface area contributed by atoms with Gasteiger partial charge >= 0.3 is 6.09 Å². The van der Waals surface area contributed by atoms with E-state index in [0.717, 1.165) is 43.4 Å². The topological polar surface area (TPSA) is 122 Å². The summed E-state index contributed by atoms with van der Waals surface area (Å²) in [4.78, 5) is 19.8. The van der Waals surface area contributed by atoms with Gasteiger partial charge < -0.3 is 37.6 Å². The zero-order valence-electron chi connectivity index (χ0n) is 38.4. The number of carbonyl (C=O) groups is 1. The Morgan fingerprint density at radius 3 is 2.39 bits per heavy atom. The molecule has 11 nitrogen and oxygen atoms in total. The van der Waals surface area contributed by atoms with Crippen molar-refractivity contribution in [2.45, 2.75) is 205 Å². The van der Waals surface area contributed by atoms with E-state index in [0.29, 0.717) is 25.3 Å². The summed E-state index contributed by atoms with van der Waals surface area (Å²) in [6.45, 7) is 35.4. The summed E-state index contributed by atoms with van der Waals surface area (Å²) in [6, 6.07) is -0.336. The summed E-state index contributed by atoms with van der Waals surface area (Å²) >= 11 is 0. The van der Waals surface area contributed by atoms with Crippen molar-refractivity contribution in [1.82, 2.24) is 9.88 Å². The third-order valence-electron chi connectivity index (χ3n) is 13.0.